The topological polar surface area (TPSA) is 36.9 Å². The third-order valence-corrected chi connectivity index (χ3v) is 3.88. The molecular formula is C11H21N3OS. The molecule has 2 aliphatic rings. The fourth-order valence-electron chi connectivity index (χ4n) is 1.90. The fourth-order valence-corrected chi connectivity index (χ4v) is 2.76. The molecule has 0 aliphatic carbocycles. The van der Waals surface area contributed by atoms with Crippen LogP contribution in [-0.2, 0) is 4.74 Å². The lowest BCUT2D eigenvalue weighted by Gasteiger charge is -2.26. The molecule has 0 saturated carbocycles. The average Bonchev–Trinajstić information content (AvgIpc) is 2.72. The second-order valence-electron chi connectivity index (χ2n) is 4.31. The quantitative estimate of drug-likeness (QED) is 0.741. The van der Waals surface area contributed by atoms with Crippen molar-refractivity contribution in [2.45, 2.75) is 18.6 Å². The second kappa shape index (κ2) is 6.47. The zero-order chi connectivity index (χ0) is 11.2. The lowest BCUT2D eigenvalue weighted by Crippen LogP contribution is -2.38. The van der Waals surface area contributed by atoms with Crippen molar-refractivity contribution in [3.05, 3.63) is 0 Å². The van der Waals surface area contributed by atoms with Crippen LogP contribution in [0.3, 0.4) is 0 Å². The Morgan fingerprint density at radius 3 is 3.00 bits per heavy atom. The van der Waals surface area contributed by atoms with Crippen LogP contribution in [0, 0.1) is 0 Å². The van der Waals surface area contributed by atoms with Gasteiger partial charge in [0, 0.05) is 24.9 Å². The number of nitrogens with one attached hydrogen (secondary N) is 1. The van der Waals surface area contributed by atoms with Crippen LogP contribution in [0.25, 0.3) is 0 Å². The van der Waals surface area contributed by atoms with Crippen LogP contribution in [0.4, 0.5) is 0 Å². The minimum absolute atomic E-state index is 0.654. The summed E-state index contributed by atoms with van der Waals surface area (Å²) in [5.41, 5.74) is 0. The smallest absolute Gasteiger partial charge is 0.156 e. The summed E-state index contributed by atoms with van der Waals surface area (Å²) < 4.78 is 5.32. The summed E-state index contributed by atoms with van der Waals surface area (Å²) in [5, 5.41) is 5.19. The van der Waals surface area contributed by atoms with Gasteiger partial charge in [0.05, 0.1) is 19.8 Å². The number of ether oxygens (including phenoxy) is 1. The lowest BCUT2D eigenvalue weighted by atomic mass is 10.3. The molecule has 0 aromatic rings. The Labute approximate surface area is 102 Å². The van der Waals surface area contributed by atoms with E-state index in [0.717, 1.165) is 44.6 Å². The maximum Gasteiger partial charge on any atom is 0.156 e. The van der Waals surface area contributed by atoms with E-state index in [0.29, 0.717) is 5.25 Å². The van der Waals surface area contributed by atoms with E-state index in [1.165, 1.54) is 13.0 Å². The van der Waals surface area contributed by atoms with Crippen LogP contribution in [0.2, 0.25) is 0 Å². The Hall–Kier alpha value is -0.260. The van der Waals surface area contributed by atoms with E-state index in [-0.39, 0.29) is 0 Å². The van der Waals surface area contributed by atoms with Gasteiger partial charge in [0.15, 0.2) is 5.17 Å². The SMILES string of the molecule is CC1CN=C(NCCCN2CCOCC2)S1. The van der Waals surface area contributed by atoms with E-state index in [1.807, 2.05) is 11.8 Å². The predicted octanol–water partition coefficient (Wildman–Crippen LogP) is 0.790. The highest BCUT2D eigenvalue weighted by Gasteiger charge is 2.14. The summed E-state index contributed by atoms with van der Waals surface area (Å²) in [6.07, 6.45) is 1.19. The molecule has 5 heteroatoms. The molecule has 16 heavy (non-hydrogen) atoms. The summed E-state index contributed by atoms with van der Waals surface area (Å²) in [7, 11) is 0. The molecule has 2 rings (SSSR count). The molecule has 1 saturated heterocycles. The van der Waals surface area contributed by atoms with E-state index >= 15 is 0 Å². The maximum atomic E-state index is 5.32. The fraction of sp³-hybridized carbons (Fsp3) is 0.909. The number of thioether (sulfide) groups is 1. The lowest BCUT2D eigenvalue weighted by molar-refractivity contribution is 0.0376. The second-order valence-corrected chi connectivity index (χ2v) is 5.74. The number of rotatable bonds is 4. The molecule has 92 valence electrons. The maximum absolute atomic E-state index is 5.32. The monoisotopic (exact) mass is 243 g/mol. The van der Waals surface area contributed by atoms with Gasteiger partial charge in [-0.3, -0.25) is 9.89 Å². The first kappa shape index (κ1) is 12.2. The van der Waals surface area contributed by atoms with Gasteiger partial charge in [0.25, 0.3) is 0 Å². The molecule has 1 fully saturated rings. The van der Waals surface area contributed by atoms with Gasteiger partial charge in [0.2, 0.25) is 0 Å². The zero-order valence-corrected chi connectivity index (χ0v) is 10.8. The molecule has 0 aromatic carbocycles. The van der Waals surface area contributed by atoms with Crippen molar-refractivity contribution in [2.24, 2.45) is 4.99 Å². The molecule has 0 radical (unpaired) electrons. The Kier molecular flexibility index (Phi) is 4.93. The third kappa shape index (κ3) is 3.96. The Bertz CT molecular complexity index is 241. The van der Waals surface area contributed by atoms with Crippen LogP contribution in [0.1, 0.15) is 13.3 Å². The highest BCUT2D eigenvalue weighted by Crippen LogP contribution is 2.18. The number of morpholine rings is 1. The van der Waals surface area contributed by atoms with Gasteiger partial charge in [-0.25, -0.2) is 0 Å². The summed E-state index contributed by atoms with van der Waals surface area (Å²) in [6, 6.07) is 0. The molecule has 2 aliphatic heterocycles. The van der Waals surface area contributed by atoms with E-state index < -0.39 is 0 Å². The minimum atomic E-state index is 0.654. The van der Waals surface area contributed by atoms with E-state index in [2.05, 4.69) is 22.1 Å². The van der Waals surface area contributed by atoms with E-state index in [9.17, 15) is 0 Å². The number of hydrogen-bond donors (Lipinski definition) is 1. The molecule has 2 heterocycles. The number of amidine groups is 1. The first-order valence-corrected chi connectivity index (χ1v) is 6.97. The highest BCUT2D eigenvalue weighted by molar-refractivity contribution is 8.14. The molecule has 1 N–H and O–H groups in total. The van der Waals surface area contributed by atoms with Crippen LogP contribution in [0.5, 0.6) is 0 Å². The molecule has 0 aromatic heterocycles. The van der Waals surface area contributed by atoms with Crippen molar-refractivity contribution in [3.63, 3.8) is 0 Å². The Morgan fingerprint density at radius 1 is 1.50 bits per heavy atom. The Balaban J connectivity index is 1.51. The van der Waals surface area contributed by atoms with Crippen LogP contribution >= 0.6 is 11.8 Å². The van der Waals surface area contributed by atoms with Gasteiger partial charge in [-0.15, -0.1) is 0 Å². The molecule has 1 unspecified atom stereocenters. The van der Waals surface area contributed by atoms with Gasteiger partial charge < -0.3 is 10.1 Å². The van der Waals surface area contributed by atoms with Crippen molar-refractivity contribution in [2.75, 3.05) is 45.9 Å². The third-order valence-electron chi connectivity index (χ3n) is 2.84. The standard InChI is InChI=1S/C11H21N3OS/c1-10-9-13-11(16-10)12-3-2-4-14-5-7-15-8-6-14/h10H,2-9H2,1H3,(H,12,13). The molecular weight excluding hydrogens is 222 g/mol. The largest absolute Gasteiger partial charge is 0.379 e. The van der Waals surface area contributed by atoms with Crippen molar-refractivity contribution < 1.29 is 4.74 Å². The van der Waals surface area contributed by atoms with Crippen molar-refractivity contribution in [3.8, 4) is 0 Å². The zero-order valence-electron chi connectivity index (χ0n) is 9.95. The van der Waals surface area contributed by atoms with E-state index in [1.54, 1.807) is 0 Å². The van der Waals surface area contributed by atoms with Crippen LogP contribution in [-0.4, -0.2) is 61.3 Å². The summed E-state index contributed by atoms with van der Waals surface area (Å²) in [6.45, 7) is 9.37. The van der Waals surface area contributed by atoms with Crippen LogP contribution in [0.15, 0.2) is 4.99 Å². The number of aliphatic imine (C=N–C) groups is 1. The van der Waals surface area contributed by atoms with Gasteiger partial charge in [-0.2, -0.15) is 0 Å². The molecule has 4 nitrogen and oxygen atoms in total. The summed E-state index contributed by atoms with van der Waals surface area (Å²) in [5.74, 6) is 0. The first-order chi connectivity index (χ1) is 7.84. The number of nitrogens with zero attached hydrogens (tertiary/aromatic N) is 2. The molecule has 0 bridgehead atoms. The summed E-state index contributed by atoms with van der Waals surface area (Å²) in [4.78, 5) is 6.91. The van der Waals surface area contributed by atoms with Gasteiger partial charge in [0.1, 0.15) is 0 Å². The minimum Gasteiger partial charge on any atom is -0.379 e. The normalized spacial score (nSPS) is 26.8. The predicted molar refractivity (Wildman–Crippen MR) is 69.2 cm³/mol. The van der Waals surface area contributed by atoms with Gasteiger partial charge in [-0.05, 0) is 13.0 Å². The van der Waals surface area contributed by atoms with Crippen molar-refractivity contribution >= 4 is 16.9 Å². The van der Waals surface area contributed by atoms with Crippen molar-refractivity contribution in [1.29, 1.82) is 0 Å². The highest BCUT2D eigenvalue weighted by atomic mass is 32.2. The molecule has 0 spiro atoms. The van der Waals surface area contributed by atoms with Gasteiger partial charge >= 0.3 is 0 Å². The first-order valence-electron chi connectivity index (χ1n) is 6.09. The Morgan fingerprint density at radius 2 is 2.31 bits per heavy atom. The van der Waals surface area contributed by atoms with E-state index in [4.69, 9.17) is 4.74 Å². The van der Waals surface area contributed by atoms with Gasteiger partial charge in [-0.1, -0.05) is 18.7 Å². The number of hydrogen-bond acceptors (Lipinski definition) is 5. The molecule has 0 amide bonds. The van der Waals surface area contributed by atoms with Crippen LogP contribution < -0.4 is 5.32 Å². The average molecular weight is 243 g/mol. The summed E-state index contributed by atoms with van der Waals surface area (Å²) >= 11 is 1.86. The molecule has 1 atom stereocenters. The van der Waals surface area contributed by atoms with Crippen molar-refractivity contribution in [1.82, 2.24) is 10.2 Å².